The quantitative estimate of drug-likeness (QED) is 0.897. The third-order valence-electron chi connectivity index (χ3n) is 3.99. The van der Waals surface area contributed by atoms with Crippen molar-refractivity contribution in [3.63, 3.8) is 0 Å². The van der Waals surface area contributed by atoms with E-state index in [2.05, 4.69) is 10.0 Å². The van der Waals surface area contributed by atoms with Gasteiger partial charge >= 0.3 is 0 Å². The topological polar surface area (TPSA) is 75.3 Å². The molecule has 5 nitrogen and oxygen atoms in total. The highest BCUT2D eigenvalue weighted by Gasteiger charge is 2.22. The third-order valence-corrected chi connectivity index (χ3v) is 5.55. The van der Waals surface area contributed by atoms with Crippen LogP contribution in [0.15, 0.2) is 23.1 Å². The Balaban J connectivity index is 2.17. The van der Waals surface area contributed by atoms with Gasteiger partial charge in [-0.15, -0.1) is 0 Å². The van der Waals surface area contributed by atoms with E-state index >= 15 is 0 Å². The molecule has 2 rings (SSSR count). The number of benzene rings is 1. The van der Waals surface area contributed by atoms with Crippen LogP contribution in [-0.2, 0) is 14.8 Å². The normalized spacial score (nSPS) is 16.7. The number of hydrogen-bond acceptors (Lipinski definition) is 3. The van der Waals surface area contributed by atoms with Crippen LogP contribution in [0.5, 0.6) is 0 Å². The summed E-state index contributed by atoms with van der Waals surface area (Å²) in [5, 5.41) is 2.84. The predicted molar refractivity (Wildman–Crippen MR) is 82.6 cm³/mol. The number of carbonyl (C=O) groups excluding carboxylic acids is 1. The van der Waals surface area contributed by atoms with Gasteiger partial charge in [0.2, 0.25) is 15.9 Å². The molecule has 2 N–H and O–H groups in total. The van der Waals surface area contributed by atoms with Crippen molar-refractivity contribution < 1.29 is 13.2 Å². The van der Waals surface area contributed by atoms with Gasteiger partial charge in [-0.3, -0.25) is 4.79 Å². The zero-order valence-corrected chi connectivity index (χ0v) is 13.3. The molecule has 0 heterocycles. The lowest BCUT2D eigenvalue weighted by Gasteiger charge is -2.21. The molecule has 1 amide bonds. The second-order valence-electron chi connectivity index (χ2n) is 5.51. The average molecular weight is 310 g/mol. The first-order valence-corrected chi connectivity index (χ1v) is 8.77. The highest BCUT2D eigenvalue weighted by Crippen LogP contribution is 2.26. The van der Waals surface area contributed by atoms with Crippen molar-refractivity contribution in [3.05, 3.63) is 23.8 Å². The van der Waals surface area contributed by atoms with Crippen molar-refractivity contribution >= 4 is 21.6 Å². The zero-order chi connectivity index (χ0) is 15.5. The average Bonchev–Trinajstić information content (AvgIpc) is 2.50. The van der Waals surface area contributed by atoms with Gasteiger partial charge in [0.25, 0.3) is 0 Å². The molecular formula is C15H22N2O3S. The molecule has 0 unspecified atom stereocenters. The first kappa shape index (κ1) is 16.0. The Labute approximate surface area is 126 Å². The van der Waals surface area contributed by atoms with Crippen molar-refractivity contribution in [1.82, 2.24) is 4.72 Å². The Morgan fingerprint density at radius 1 is 1.19 bits per heavy atom. The number of hydrogen-bond donors (Lipinski definition) is 2. The van der Waals surface area contributed by atoms with Crippen LogP contribution in [0.4, 0.5) is 5.69 Å². The molecule has 0 saturated heterocycles. The largest absolute Gasteiger partial charge is 0.326 e. The maximum absolute atomic E-state index is 12.2. The number of anilines is 1. The Morgan fingerprint density at radius 3 is 2.48 bits per heavy atom. The van der Waals surface area contributed by atoms with Crippen LogP contribution < -0.4 is 10.0 Å². The lowest BCUT2D eigenvalue weighted by molar-refractivity contribution is -0.120. The molecule has 1 aromatic carbocycles. The van der Waals surface area contributed by atoms with E-state index in [1.165, 1.54) is 19.5 Å². The predicted octanol–water partition coefficient (Wildman–Crippen LogP) is 2.42. The zero-order valence-electron chi connectivity index (χ0n) is 12.5. The highest BCUT2D eigenvalue weighted by molar-refractivity contribution is 7.89. The molecule has 0 aliphatic heterocycles. The molecule has 116 valence electrons. The van der Waals surface area contributed by atoms with Gasteiger partial charge in [-0.05, 0) is 44.5 Å². The number of rotatable bonds is 4. The van der Waals surface area contributed by atoms with Crippen LogP contribution in [0, 0.1) is 12.8 Å². The molecule has 1 saturated carbocycles. The third kappa shape index (κ3) is 3.83. The Morgan fingerprint density at radius 2 is 1.86 bits per heavy atom. The van der Waals surface area contributed by atoms with Gasteiger partial charge < -0.3 is 5.32 Å². The van der Waals surface area contributed by atoms with Gasteiger partial charge in [0.15, 0.2) is 0 Å². The summed E-state index contributed by atoms with van der Waals surface area (Å²) in [5.41, 5.74) is 1.19. The monoisotopic (exact) mass is 310 g/mol. The van der Waals surface area contributed by atoms with Crippen molar-refractivity contribution in [2.24, 2.45) is 5.92 Å². The minimum Gasteiger partial charge on any atom is -0.326 e. The van der Waals surface area contributed by atoms with E-state index in [9.17, 15) is 13.2 Å². The summed E-state index contributed by atoms with van der Waals surface area (Å²) in [6, 6.07) is 4.97. The maximum atomic E-state index is 12.2. The van der Waals surface area contributed by atoms with Gasteiger partial charge in [0, 0.05) is 11.6 Å². The second kappa shape index (κ2) is 6.58. The molecule has 1 fully saturated rings. The fourth-order valence-electron chi connectivity index (χ4n) is 2.69. The molecule has 0 atom stereocenters. The van der Waals surface area contributed by atoms with Crippen LogP contribution in [0.25, 0.3) is 0 Å². The van der Waals surface area contributed by atoms with E-state index in [0.717, 1.165) is 25.7 Å². The van der Waals surface area contributed by atoms with E-state index in [-0.39, 0.29) is 16.7 Å². The number of aryl methyl sites for hydroxylation is 1. The van der Waals surface area contributed by atoms with Crippen molar-refractivity contribution in [2.75, 3.05) is 12.4 Å². The van der Waals surface area contributed by atoms with Crippen LogP contribution in [0.2, 0.25) is 0 Å². The van der Waals surface area contributed by atoms with E-state index in [4.69, 9.17) is 0 Å². The van der Waals surface area contributed by atoms with E-state index in [1.54, 1.807) is 19.1 Å². The summed E-state index contributed by atoms with van der Waals surface area (Å²) in [6.07, 6.45) is 5.20. The molecule has 0 spiro atoms. The van der Waals surface area contributed by atoms with Crippen LogP contribution in [0.1, 0.15) is 37.7 Å². The van der Waals surface area contributed by atoms with Gasteiger partial charge in [0.1, 0.15) is 0 Å². The molecule has 0 bridgehead atoms. The first-order chi connectivity index (χ1) is 9.94. The Hall–Kier alpha value is -1.40. The molecule has 0 radical (unpaired) electrons. The second-order valence-corrected chi connectivity index (χ2v) is 7.37. The molecular weight excluding hydrogens is 288 g/mol. The lowest BCUT2D eigenvalue weighted by Crippen LogP contribution is -2.25. The summed E-state index contributed by atoms with van der Waals surface area (Å²) >= 11 is 0. The molecule has 1 aliphatic rings. The number of nitrogens with one attached hydrogen (secondary N) is 2. The van der Waals surface area contributed by atoms with Crippen LogP contribution >= 0.6 is 0 Å². The van der Waals surface area contributed by atoms with E-state index < -0.39 is 10.0 Å². The highest BCUT2D eigenvalue weighted by atomic mass is 32.2. The maximum Gasteiger partial charge on any atom is 0.240 e. The molecule has 0 aromatic heterocycles. The summed E-state index contributed by atoms with van der Waals surface area (Å²) in [7, 11) is -2.14. The molecule has 21 heavy (non-hydrogen) atoms. The van der Waals surface area contributed by atoms with E-state index in [1.807, 2.05) is 0 Å². The van der Waals surface area contributed by atoms with Gasteiger partial charge in [-0.25, -0.2) is 13.1 Å². The number of carbonyl (C=O) groups is 1. The Bertz CT molecular complexity index is 620. The summed E-state index contributed by atoms with van der Waals surface area (Å²) < 4.78 is 26.2. The number of amides is 1. The van der Waals surface area contributed by atoms with Gasteiger partial charge in [-0.1, -0.05) is 25.3 Å². The fraction of sp³-hybridized carbons (Fsp3) is 0.533. The molecule has 1 aromatic rings. The van der Waals surface area contributed by atoms with Gasteiger partial charge in [0.05, 0.1) is 4.90 Å². The lowest BCUT2D eigenvalue weighted by atomic mass is 9.88. The van der Waals surface area contributed by atoms with Crippen molar-refractivity contribution in [1.29, 1.82) is 0 Å². The number of sulfonamides is 1. The standard InChI is InChI=1S/C15H22N2O3S/c1-11-8-9-13(10-14(11)21(19,20)16-2)17-15(18)12-6-4-3-5-7-12/h8-10,12,16H,3-7H2,1-2H3,(H,17,18). The minimum atomic E-state index is -3.51. The smallest absolute Gasteiger partial charge is 0.240 e. The summed E-state index contributed by atoms with van der Waals surface area (Å²) in [6.45, 7) is 1.73. The van der Waals surface area contributed by atoms with Crippen LogP contribution in [0.3, 0.4) is 0 Å². The van der Waals surface area contributed by atoms with Crippen LogP contribution in [-0.4, -0.2) is 21.4 Å². The van der Waals surface area contributed by atoms with Crippen molar-refractivity contribution in [2.45, 2.75) is 43.9 Å². The summed E-state index contributed by atoms with van der Waals surface area (Å²) in [4.78, 5) is 12.4. The van der Waals surface area contributed by atoms with Crippen molar-refractivity contribution in [3.8, 4) is 0 Å². The molecule has 1 aliphatic carbocycles. The van der Waals surface area contributed by atoms with E-state index in [0.29, 0.717) is 11.3 Å². The SMILES string of the molecule is CNS(=O)(=O)c1cc(NC(=O)C2CCCCC2)ccc1C. The molecule has 6 heteroatoms. The van der Waals surface area contributed by atoms with Gasteiger partial charge in [-0.2, -0.15) is 0 Å². The fourth-order valence-corrected chi connectivity index (χ4v) is 3.68. The summed E-state index contributed by atoms with van der Waals surface area (Å²) in [5.74, 6) is 0.0377. The Kier molecular flexibility index (Phi) is 5.00. The minimum absolute atomic E-state index is 0.00800. The first-order valence-electron chi connectivity index (χ1n) is 7.29.